The Labute approximate surface area is 148 Å². The number of carbonyl (C=O) groups excluding carboxylic acids is 1. The van der Waals surface area contributed by atoms with Crippen molar-refractivity contribution in [2.45, 2.75) is 18.9 Å². The number of ether oxygens (including phenoxy) is 1. The molecule has 138 valence electrons. The summed E-state index contributed by atoms with van der Waals surface area (Å²) in [6, 6.07) is 4.72. The van der Waals surface area contributed by atoms with Crippen LogP contribution in [-0.2, 0) is 0 Å². The smallest absolute Gasteiger partial charge is 0.258 e. The fraction of sp³-hybridized carbons (Fsp3) is 0.333. The minimum atomic E-state index is -1.68. The highest BCUT2D eigenvalue weighted by Gasteiger charge is 2.20. The Balaban J connectivity index is 1.62. The van der Waals surface area contributed by atoms with Gasteiger partial charge < -0.3 is 15.0 Å². The van der Waals surface area contributed by atoms with Gasteiger partial charge in [0.05, 0.1) is 17.4 Å². The zero-order chi connectivity index (χ0) is 18.7. The average Bonchev–Trinajstić information content (AvgIpc) is 2.63. The van der Waals surface area contributed by atoms with Crippen LogP contribution in [0.25, 0.3) is 0 Å². The number of anilines is 1. The second-order valence-corrected chi connectivity index (χ2v) is 6.18. The van der Waals surface area contributed by atoms with Gasteiger partial charge in [0.1, 0.15) is 6.10 Å². The van der Waals surface area contributed by atoms with Crippen molar-refractivity contribution in [2.75, 3.05) is 25.5 Å². The van der Waals surface area contributed by atoms with Crippen LogP contribution in [0.1, 0.15) is 23.2 Å². The van der Waals surface area contributed by atoms with Crippen molar-refractivity contribution in [2.24, 2.45) is 0 Å². The lowest BCUT2D eigenvalue weighted by Gasteiger charge is -2.28. The topological polar surface area (TPSA) is 54.5 Å². The normalized spacial score (nSPS) is 15.7. The molecule has 1 aliphatic rings. The first-order valence-electron chi connectivity index (χ1n) is 8.20. The molecule has 1 saturated heterocycles. The molecule has 1 aliphatic heterocycles. The van der Waals surface area contributed by atoms with Crippen LogP contribution < -0.4 is 10.1 Å². The summed E-state index contributed by atoms with van der Waals surface area (Å²) < 4.78 is 45.6. The second kappa shape index (κ2) is 7.74. The molecule has 5 nitrogen and oxygen atoms in total. The molecule has 1 aromatic carbocycles. The van der Waals surface area contributed by atoms with Crippen LogP contribution >= 0.6 is 0 Å². The molecule has 1 fully saturated rings. The van der Waals surface area contributed by atoms with Crippen molar-refractivity contribution in [1.29, 1.82) is 0 Å². The number of carbonyl (C=O) groups is 1. The molecule has 0 saturated carbocycles. The Morgan fingerprint density at radius 2 is 1.88 bits per heavy atom. The number of aromatic nitrogens is 1. The summed E-state index contributed by atoms with van der Waals surface area (Å²) in [7, 11) is 2.06. The Morgan fingerprint density at radius 3 is 2.54 bits per heavy atom. The molecule has 1 N–H and O–H groups in total. The lowest BCUT2D eigenvalue weighted by Crippen LogP contribution is -2.35. The van der Waals surface area contributed by atoms with Crippen LogP contribution in [0, 0.1) is 17.5 Å². The highest BCUT2D eigenvalue weighted by molar-refractivity contribution is 6.04. The summed E-state index contributed by atoms with van der Waals surface area (Å²) in [6.45, 7) is 1.91. The maximum absolute atomic E-state index is 13.7. The van der Waals surface area contributed by atoms with E-state index in [1.165, 1.54) is 6.20 Å². The van der Waals surface area contributed by atoms with Gasteiger partial charge in [0.15, 0.2) is 17.5 Å². The number of rotatable bonds is 4. The fourth-order valence-corrected chi connectivity index (χ4v) is 2.70. The van der Waals surface area contributed by atoms with E-state index in [9.17, 15) is 18.0 Å². The molecule has 0 spiro atoms. The summed E-state index contributed by atoms with van der Waals surface area (Å²) in [5.74, 6) is -5.03. The fourth-order valence-electron chi connectivity index (χ4n) is 2.70. The van der Waals surface area contributed by atoms with E-state index in [2.05, 4.69) is 22.2 Å². The summed E-state index contributed by atoms with van der Waals surface area (Å²) in [6.07, 6.45) is 3.27. The Morgan fingerprint density at radius 1 is 1.15 bits per heavy atom. The highest BCUT2D eigenvalue weighted by atomic mass is 19.2. The van der Waals surface area contributed by atoms with Gasteiger partial charge in [-0.3, -0.25) is 4.79 Å². The number of nitrogens with zero attached hydrogens (tertiary/aromatic N) is 2. The van der Waals surface area contributed by atoms with Crippen molar-refractivity contribution in [3.63, 3.8) is 0 Å². The quantitative estimate of drug-likeness (QED) is 0.846. The Bertz CT molecular complexity index is 791. The van der Waals surface area contributed by atoms with E-state index in [1.54, 1.807) is 12.1 Å². The third kappa shape index (κ3) is 4.13. The number of piperidine rings is 1. The summed E-state index contributed by atoms with van der Waals surface area (Å²) in [4.78, 5) is 18.4. The minimum absolute atomic E-state index is 0.0930. The zero-order valence-electron chi connectivity index (χ0n) is 14.1. The van der Waals surface area contributed by atoms with E-state index in [0.29, 0.717) is 11.9 Å². The zero-order valence-corrected chi connectivity index (χ0v) is 14.1. The number of pyridine rings is 1. The van der Waals surface area contributed by atoms with E-state index in [1.807, 2.05) is 0 Å². The number of hydrogen-bond acceptors (Lipinski definition) is 4. The number of amides is 1. The largest absolute Gasteiger partial charge is 0.474 e. The van der Waals surface area contributed by atoms with Crippen molar-refractivity contribution >= 4 is 11.6 Å². The van der Waals surface area contributed by atoms with Gasteiger partial charge in [-0.05, 0) is 38.1 Å². The van der Waals surface area contributed by atoms with Gasteiger partial charge in [-0.15, -0.1) is 0 Å². The van der Waals surface area contributed by atoms with Crippen LogP contribution in [-0.4, -0.2) is 42.0 Å². The Kier molecular flexibility index (Phi) is 5.41. The van der Waals surface area contributed by atoms with E-state index in [-0.39, 0.29) is 11.8 Å². The highest BCUT2D eigenvalue weighted by Crippen LogP contribution is 2.20. The second-order valence-electron chi connectivity index (χ2n) is 6.18. The van der Waals surface area contributed by atoms with Crippen LogP contribution in [0.4, 0.5) is 18.9 Å². The molecule has 0 unspecified atom stereocenters. The summed E-state index contributed by atoms with van der Waals surface area (Å²) in [5.41, 5.74) is -0.301. The predicted molar refractivity (Wildman–Crippen MR) is 89.7 cm³/mol. The predicted octanol–water partition coefficient (Wildman–Crippen LogP) is 3.22. The SMILES string of the molecule is CN1CCC(Oc2ccc(NC(=O)c3ccc(F)c(F)c3F)cn2)CC1. The molecule has 0 bridgehead atoms. The molecule has 0 radical (unpaired) electrons. The van der Waals surface area contributed by atoms with Crippen LogP contribution in [0.3, 0.4) is 0 Å². The van der Waals surface area contributed by atoms with Gasteiger partial charge in [0.25, 0.3) is 5.91 Å². The number of nitrogens with one attached hydrogen (secondary N) is 1. The van der Waals surface area contributed by atoms with Crippen molar-refractivity contribution in [1.82, 2.24) is 9.88 Å². The molecule has 0 aliphatic carbocycles. The minimum Gasteiger partial charge on any atom is -0.474 e. The van der Waals surface area contributed by atoms with E-state index < -0.39 is 28.9 Å². The monoisotopic (exact) mass is 365 g/mol. The molecule has 2 heterocycles. The molecular formula is C18H18F3N3O2. The number of likely N-dealkylation sites (tertiary alicyclic amines) is 1. The van der Waals surface area contributed by atoms with E-state index in [4.69, 9.17) is 4.74 Å². The van der Waals surface area contributed by atoms with Gasteiger partial charge in [0, 0.05) is 19.2 Å². The molecule has 3 rings (SSSR count). The maximum atomic E-state index is 13.7. The van der Waals surface area contributed by atoms with Crippen LogP contribution in [0.2, 0.25) is 0 Å². The lowest BCUT2D eigenvalue weighted by molar-refractivity contribution is 0.102. The average molecular weight is 365 g/mol. The first kappa shape index (κ1) is 18.2. The Hall–Kier alpha value is -2.61. The first-order valence-corrected chi connectivity index (χ1v) is 8.20. The molecule has 0 atom stereocenters. The summed E-state index contributed by atoms with van der Waals surface area (Å²) in [5, 5.41) is 2.39. The first-order chi connectivity index (χ1) is 12.4. The molecule has 2 aromatic rings. The van der Waals surface area contributed by atoms with Crippen LogP contribution in [0.15, 0.2) is 30.5 Å². The molecule has 1 amide bonds. The molecular weight excluding hydrogens is 347 g/mol. The van der Waals surface area contributed by atoms with E-state index >= 15 is 0 Å². The standard InChI is InChI=1S/C18H18F3N3O2/c1-24-8-6-12(7-9-24)26-15-5-2-11(10-22-15)23-18(25)13-3-4-14(19)17(21)16(13)20/h2-5,10,12H,6-9H2,1H3,(H,23,25). The maximum Gasteiger partial charge on any atom is 0.258 e. The number of benzene rings is 1. The van der Waals surface area contributed by atoms with Crippen LogP contribution in [0.5, 0.6) is 5.88 Å². The van der Waals surface area contributed by atoms with Gasteiger partial charge in [-0.2, -0.15) is 0 Å². The number of hydrogen-bond donors (Lipinski definition) is 1. The van der Waals surface area contributed by atoms with Gasteiger partial charge in [-0.25, -0.2) is 18.2 Å². The van der Waals surface area contributed by atoms with Gasteiger partial charge in [0.2, 0.25) is 5.88 Å². The van der Waals surface area contributed by atoms with E-state index in [0.717, 1.165) is 32.0 Å². The van der Waals surface area contributed by atoms with Crippen molar-refractivity contribution in [3.05, 3.63) is 53.5 Å². The van der Waals surface area contributed by atoms with Crippen molar-refractivity contribution in [3.8, 4) is 5.88 Å². The molecule has 26 heavy (non-hydrogen) atoms. The lowest BCUT2D eigenvalue weighted by atomic mass is 10.1. The third-order valence-electron chi connectivity index (χ3n) is 4.23. The molecule has 8 heteroatoms. The number of halogens is 3. The van der Waals surface area contributed by atoms with Gasteiger partial charge in [-0.1, -0.05) is 0 Å². The molecule has 1 aromatic heterocycles. The van der Waals surface area contributed by atoms with Gasteiger partial charge >= 0.3 is 0 Å². The third-order valence-corrected chi connectivity index (χ3v) is 4.23. The summed E-state index contributed by atoms with van der Waals surface area (Å²) >= 11 is 0. The van der Waals surface area contributed by atoms with Crippen molar-refractivity contribution < 1.29 is 22.7 Å².